The molecule has 1 N–H and O–H groups in total. The molecule has 0 aliphatic carbocycles. The van der Waals surface area contributed by atoms with Gasteiger partial charge in [-0.15, -0.1) is 0 Å². The maximum absolute atomic E-state index is 11.3. The number of carbonyl (C=O) groups is 1. The van der Waals surface area contributed by atoms with Crippen molar-refractivity contribution in [1.82, 2.24) is 5.32 Å². The molecule has 0 saturated carbocycles. The summed E-state index contributed by atoms with van der Waals surface area (Å²) in [4.78, 5) is 11.3. The first-order valence-electron chi connectivity index (χ1n) is 8.68. The van der Waals surface area contributed by atoms with Crippen LogP contribution in [0.3, 0.4) is 0 Å². The quantitative estimate of drug-likeness (QED) is 0.674. The SMILES string of the molecule is COC(=O)Cc1ccc(CC(C)NCC(OC)c2cccc(Cl)c2)cc1. The second kappa shape index (κ2) is 10.3. The van der Waals surface area contributed by atoms with E-state index in [0.29, 0.717) is 24.0 Å². The molecule has 0 saturated heterocycles. The third-order valence-corrected chi connectivity index (χ3v) is 4.53. The van der Waals surface area contributed by atoms with Gasteiger partial charge in [-0.25, -0.2) is 0 Å². The number of carbonyl (C=O) groups excluding carboxylic acids is 1. The molecule has 2 aromatic rings. The van der Waals surface area contributed by atoms with Gasteiger partial charge in [-0.3, -0.25) is 4.79 Å². The normalized spacial score (nSPS) is 13.2. The van der Waals surface area contributed by atoms with Gasteiger partial charge < -0.3 is 14.8 Å². The minimum atomic E-state index is -0.223. The molecule has 0 radical (unpaired) electrons. The van der Waals surface area contributed by atoms with E-state index in [1.54, 1.807) is 7.11 Å². The van der Waals surface area contributed by atoms with Gasteiger partial charge in [0.2, 0.25) is 0 Å². The Kier molecular flexibility index (Phi) is 8.10. The Morgan fingerprint density at radius 3 is 2.42 bits per heavy atom. The van der Waals surface area contributed by atoms with Crippen LogP contribution in [-0.2, 0) is 27.1 Å². The average Bonchev–Trinajstić information content (AvgIpc) is 2.64. The highest BCUT2D eigenvalue weighted by Gasteiger charge is 2.13. The van der Waals surface area contributed by atoms with Crippen LogP contribution in [0, 0.1) is 0 Å². The summed E-state index contributed by atoms with van der Waals surface area (Å²) < 4.78 is 10.3. The first kappa shape index (κ1) is 20.4. The molecule has 5 heteroatoms. The van der Waals surface area contributed by atoms with E-state index < -0.39 is 0 Å². The molecule has 0 aromatic heterocycles. The molecule has 4 nitrogen and oxygen atoms in total. The first-order chi connectivity index (χ1) is 12.5. The van der Waals surface area contributed by atoms with E-state index in [9.17, 15) is 4.79 Å². The molecule has 0 bridgehead atoms. The number of rotatable bonds is 9. The molecule has 0 amide bonds. The Hall–Kier alpha value is -1.88. The van der Waals surface area contributed by atoms with Crippen LogP contribution in [0.1, 0.15) is 29.7 Å². The predicted octanol–water partition coefficient (Wildman–Crippen LogP) is 3.96. The van der Waals surface area contributed by atoms with Crippen molar-refractivity contribution in [3.8, 4) is 0 Å². The van der Waals surface area contributed by atoms with Crippen molar-refractivity contribution in [2.75, 3.05) is 20.8 Å². The van der Waals surface area contributed by atoms with Crippen LogP contribution in [0.2, 0.25) is 5.02 Å². The van der Waals surface area contributed by atoms with Gasteiger partial charge in [-0.05, 0) is 42.2 Å². The van der Waals surface area contributed by atoms with Gasteiger partial charge in [-0.2, -0.15) is 0 Å². The number of methoxy groups -OCH3 is 2. The molecular formula is C21H26ClNO3. The van der Waals surface area contributed by atoms with Crippen molar-refractivity contribution >= 4 is 17.6 Å². The topological polar surface area (TPSA) is 47.6 Å². The number of hydrogen-bond acceptors (Lipinski definition) is 4. The number of halogens is 1. The fraction of sp³-hybridized carbons (Fsp3) is 0.381. The van der Waals surface area contributed by atoms with E-state index >= 15 is 0 Å². The summed E-state index contributed by atoms with van der Waals surface area (Å²) in [5.41, 5.74) is 3.24. The number of nitrogens with one attached hydrogen (secondary N) is 1. The van der Waals surface area contributed by atoms with Gasteiger partial charge in [0.1, 0.15) is 0 Å². The molecule has 140 valence electrons. The maximum Gasteiger partial charge on any atom is 0.309 e. The summed E-state index contributed by atoms with van der Waals surface area (Å²) in [7, 11) is 3.11. The van der Waals surface area contributed by atoms with Crippen LogP contribution in [0.15, 0.2) is 48.5 Å². The van der Waals surface area contributed by atoms with Crippen LogP contribution in [-0.4, -0.2) is 32.8 Å². The summed E-state index contributed by atoms with van der Waals surface area (Å²) in [5, 5.41) is 4.23. The van der Waals surface area contributed by atoms with E-state index in [0.717, 1.165) is 17.5 Å². The van der Waals surface area contributed by atoms with Crippen molar-refractivity contribution in [1.29, 1.82) is 0 Å². The standard InChI is InChI=1S/C21H26ClNO3/c1-15(11-16-7-9-17(10-8-16)12-21(24)26-3)23-14-20(25-2)18-5-4-6-19(22)13-18/h4-10,13,15,20,23H,11-12,14H2,1-3H3. The molecule has 2 rings (SSSR count). The van der Waals surface area contributed by atoms with Crippen molar-refractivity contribution in [3.63, 3.8) is 0 Å². The zero-order valence-corrected chi connectivity index (χ0v) is 16.3. The van der Waals surface area contributed by atoms with Gasteiger partial charge in [0.25, 0.3) is 0 Å². The monoisotopic (exact) mass is 375 g/mol. The Labute approximate surface area is 160 Å². The zero-order valence-electron chi connectivity index (χ0n) is 15.5. The summed E-state index contributed by atoms with van der Waals surface area (Å²) >= 11 is 6.06. The molecule has 2 aromatic carbocycles. The molecule has 0 heterocycles. The first-order valence-corrected chi connectivity index (χ1v) is 9.06. The maximum atomic E-state index is 11.3. The van der Waals surface area contributed by atoms with Crippen molar-refractivity contribution in [3.05, 3.63) is 70.2 Å². The highest BCUT2D eigenvalue weighted by molar-refractivity contribution is 6.30. The lowest BCUT2D eigenvalue weighted by molar-refractivity contribution is -0.139. The highest BCUT2D eigenvalue weighted by atomic mass is 35.5. The summed E-state index contributed by atoms with van der Waals surface area (Å²) in [6, 6.07) is 16.1. The lowest BCUT2D eigenvalue weighted by Crippen LogP contribution is -2.32. The molecule has 0 aliphatic rings. The summed E-state index contributed by atoms with van der Waals surface area (Å²) in [6.45, 7) is 2.85. The van der Waals surface area contributed by atoms with Gasteiger partial charge in [-0.1, -0.05) is 48.0 Å². The highest BCUT2D eigenvalue weighted by Crippen LogP contribution is 2.20. The number of hydrogen-bond donors (Lipinski definition) is 1. The zero-order chi connectivity index (χ0) is 18.9. The predicted molar refractivity (Wildman–Crippen MR) is 105 cm³/mol. The molecule has 2 atom stereocenters. The number of ether oxygens (including phenoxy) is 2. The third kappa shape index (κ3) is 6.45. The molecule has 0 aliphatic heterocycles. The third-order valence-electron chi connectivity index (χ3n) is 4.30. The number of esters is 1. The molecule has 26 heavy (non-hydrogen) atoms. The fourth-order valence-corrected chi connectivity index (χ4v) is 3.01. The average molecular weight is 376 g/mol. The Morgan fingerprint density at radius 1 is 1.12 bits per heavy atom. The minimum Gasteiger partial charge on any atom is -0.469 e. The van der Waals surface area contributed by atoms with E-state index in [2.05, 4.69) is 29.1 Å². The second-order valence-electron chi connectivity index (χ2n) is 6.36. The van der Waals surface area contributed by atoms with Crippen LogP contribution in [0.4, 0.5) is 0 Å². The van der Waals surface area contributed by atoms with Gasteiger partial charge >= 0.3 is 5.97 Å². The van der Waals surface area contributed by atoms with Crippen molar-refractivity contribution in [2.24, 2.45) is 0 Å². The van der Waals surface area contributed by atoms with Crippen LogP contribution in [0.5, 0.6) is 0 Å². The Morgan fingerprint density at radius 2 is 1.81 bits per heavy atom. The summed E-state index contributed by atoms with van der Waals surface area (Å²) in [6.07, 6.45) is 1.16. The molecule has 0 spiro atoms. The van der Waals surface area contributed by atoms with E-state index in [1.807, 2.05) is 36.4 Å². The molecule has 2 unspecified atom stereocenters. The van der Waals surface area contributed by atoms with Crippen molar-refractivity contribution in [2.45, 2.75) is 31.9 Å². The van der Waals surface area contributed by atoms with Gasteiger partial charge in [0, 0.05) is 24.7 Å². The fourth-order valence-electron chi connectivity index (χ4n) is 2.81. The van der Waals surface area contributed by atoms with E-state index in [-0.39, 0.29) is 12.1 Å². The Balaban J connectivity index is 1.85. The number of benzene rings is 2. The van der Waals surface area contributed by atoms with Crippen molar-refractivity contribution < 1.29 is 14.3 Å². The second-order valence-corrected chi connectivity index (χ2v) is 6.80. The lowest BCUT2D eigenvalue weighted by Gasteiger charge is -2.20. The largest absolute Gasteiger partial charge is 0.469 e. The van der Waals surface area contributed by atoms with Crippen LogP contribution >= 0.6 is 11.6 Å². The van der Waals surface area contributed by atoms with E-state index in [4.69, 9.17) is 16.3 Å². The lowest BCUT2D eigenvalue weighted by atomic mass is 10.0. The van der Waals surface area contributed by atoms with Crippen LogP contribution in [0.25, 0.3) is 0 Å². The molecular weight excluding hydrogens is 350 g/mol. The molecule has 0 fully saturated rings. The Bertz CT molecular complexity index is 703. The van der Waals surface area contributed by atoms with Gasteiger partial charge in [0.05, 0.1) is 19.6 Å². The minimum absolute atomic E-state index is 0.0430. The van der Waals surface area contributed by atoms with Crippen LogP contribution < -0.4 is 5.32 Å². The van der Waals surface area contributed by atoms with E-state index in [1.165, 1.54) is 12.7 Å². The smallest absolute Gasteiger partial charge is 0.309 e. The van der Waals surface area contributed by atoms with Gasteiger partial charge in [0.15, 0.2) is 0 Å². The summed E-state index contributed by atoms with van der Waals surface area (Å²) in [5.74, 6) is -0.223.